The molecule has 0 bridgehead atoms. The highest BCUT2D eigenvalue weighted by Crippen LogP contribution is 2.38. The number of benzene rings is 7. The van der Waals surface area contributed by atoms with Crippen LogP contribution in [0.4, 0.5) is 0 Å². The van der Waals surface area contributed by atoms with E-state index in [0.29, 0.717) is 0 Å². The van der Waals surface area contributed by atoms with Crippen molar-refractivity contribution in [3.8, 4) is 33.6 Å². The van der Waals surface area contributed by atoms with Crippen LogP contribution >= 0.6 is 0 Å². The predicted octanol–water partition coefficient (Wildman–Crippen LogP) is 11.2. The zero-order valence-corrected chi connectivity index (χ0v) is 24.1. The summed E-state index contributed by atoms with van der Waals surface area (Å²) in [7, 11) is 0. The van der Waals surface area contributed by atoms with Gasteiger partial charge in [-0.05, 0) is 76.9 Å². The van der Waals surface area contributed by atoms with Crippen molar-refractivity contribution in [3.05, 3.63) is 170 Å². The fraction of sp³-hybridized carbons (Fsp3) is 0. The molecule has 7 aromatic carbocycles. The first-order valence-corrected chi connectivity index (χ1v) is 15.1. The van der Waals surface area contributed by atoms with Gasteiger partial charge >= 0.3 is 0 Å². The number of hydrogen-bond donors (Lipinski definition) is 0. The second kappa shape index (κ2) is 9.86. The van der Waals surface area contributed by atoms with Crippen LogP contribution in [0.5, 0.6) is 0 Å². The van der Waals surface area contributed by atoms with E-state index < -0.39 is 0 Å². The molecular formula is C42H28N2. The third kappa shape index (κ3) is 3.82. The quantitative estimate of drug-likeness (QED) is 0.203. The fourth-order valence-corrected chi connectivity index (χ4v) is 6.89. The van der Waals surface area contributed by atoms with E-state index in [1.165, 1.54) is 65.9 Å². The van der Waals surface area contributed by atoms with Crippen molar-refractivity contribution in [3.63, 3.8) is 0 Å². The molecule has 2 aromatic heterocycles. The zero-order valence-electron chi connectivity index (χ0n) is 24.1. The Balaban J connectivity index is 1.27. The van der Waals surface area contributed by atoms with Gasteiger partial charge < -0.3 is 9.13 Å². The summed E-state index contributed by atoms with van der Waals surface area (Å²) in [4.78, 5) is 0. The van der Waals surface area contributed by atoms with E-state index in [0.717, 1.165) is 11.4 Å². The standard InChI is InChI=1S/C42H28N2/c1-3-12-29(13-4-1)31-16-11-17-33(26-31)43-40-21-10-8-19-36(40)38-28-34(23-25-42(38)43)44-39-20-9-7-18-35(39)37-27-32(22-24-41(37)44)30-14-5-2-6-15-30/h1-28H. The molecule has 0 aliphatic rings. The number of rotatable bonds is 4. The summed E-state index contributed by atoms with van der Waals surface area (Å²) in [6.45, 7) is 0. The molecule has 2 heterocycles. The summed E-state index contributed by atoms with van der Waals surface area (Å²) in [6.07, 6.45) is 0. The van der Waals surface area contributed by atoms with Crippen molar-refractivity contribution in [2.75, 3.05) is 0 Å². The highest BCUT2D eigenvalue weighted by molar-refractivity contribution is 6.12. The molecular weight excluding hydrogens is 532 g/mol. The van der Waals surface area contributed by atoms with E-state index in [1.807, 2.05) is 0 Å². The van der Waals surface area contributed by atoms with Crippen LogP contribution in [0, 0.1) is 0 Å². The SMILES string of the molecule is c1ccc(-c2cccc(-n3c4ccccc4c4cc(-n5c6ccccc6c6cc(-c7ccccc7)ccc65)ccc43)c2)cc1. The van der Waals surface area contributed by atoms with Gasteiger partial charge in [0, 0.05) is 32.9 Å². The van der Waals surface area contributed by atoms with Gasteiger partial charge in [-0.3, -0.25) is 0 Å². The number of para-hydroxylation sites is 2. The molecule has 0 saturated carbocycles. The Morgan fingerprint density at radius 2 is 0.705 bits per heavy atom. The fourth-order valence-electron chi connectivity index (χ4n) is 6.89. The maximum Gasteiger partial charge on any atom is 0.0542 e. The lowest BCUT2D eigenvalue weighted by atomic mass is 10.0. The van der Waals surface area contributed by atoms with Crippen LogP contribution in [0.25, 0.3) is 77.2 Å². The third-order valence-electron chi connectivity index (χ3n) is 8.91. The minimum Gasteiger partial charge on any atom is -0.309 e. The molecule has 0 aliphatic carbocycles. The van der Waals surface area contributed by atoms with Crippen molar-refractivity contribution >= 4 is 43.6 Å². The smallest absolute Gasteiger partial charge is 0.0542 e. The monoisotopic (exact) mass is 560 g/mol. The van der Waals surface area contributed by atoms with Crippen LogP contribution in [0.2, 0.25) is 0 Å². The van der Waals surface area contributed by atoms with Crippen molar-refractivity contribution in [1.29, 1.82) is 0 Å². The van der Waals surface area contributed by atoms with Crippen molar-refractivity contribution < 1.29 is 0 Å². The predicted molar refractivity (Wildman–Crippen MR) is 186 cm³/mol. The molecule has 0 aliphatic heterocycles. The molecule has 44 heavy (non-hydrogen) atoms. The van der Waals surface area contributed by atoms with E-state index in [4.69, 9.17) is 0 Å². The minimum atomic E-state index is 1.16. The van der Waals surface area contributed by atoms with Gasteiger partial charge in [-0.1, -0.05) is 115 Å². The zero-order chi connectivity index (χ0) is 29.0. The Morgan fingerprint density at radius 3 is 1.34 bits per heavy atom. The third-order valence-corrected chi connectivity index (χ3v) is 8.91. The van der Waals surface area contributed by atoms with Gasteiger partial charge in [0.1, 0.15) is 0 Å². The highest BCUT2D eigenvalue weighted by atomic mass is 15.0. The van der Waals surface area contributed by atoms with E-state index in [9.17, 15) is 0 Å². The van der Waals surface area contributed by atoms with Gasteiger partial charge in [-0.15, -0.1) is 0 Å². The first-order valence-electron chi connectivity index (χ1n) is 15.1. The summed E-state index contributed by atoms with van der Waals surface area (Å²) in [6, 6.07) is 61.4. The summed E-state index contributed by atoms with van der Waals surface area (Å²) in [5.41, 5.74) is 12.1. The van der Waals surface area contributed by atoms with Crippen molar-refractivity contribution in [2.24, 2.45) is 0 Å². The number of nitrogens with zero attached hydrogens (tertiary/aromatic N) is 2. The van der Waals surface area contributed by atoms with Crippen molar-refractivity contribution in [1.82, 2.24) is 9.13 Å². The van der Waals surface area contributed by atoms with Crippen LogP contribution in [0.1, 0.15) is 0 Å². The first kappa shape index (κ1) is 24.7. The van der Waals surface area contributed by atoms with E-state index >= 15 is 0 Å². The second-order valence-corrected chi connectivity index (χ2v) is 11.4. The van der Waals surface area contributed by atoms with Crippen LogP contribution < -0.4 is 0 Å². The Hall–Kier alpha value is -5.86. The van der Waals surface area contributed by atoms with Crippen LogP contribution in [0.3, 0.4) is 0 Å². The lowest BCUT2D eigenvalue weighted by Gasteiger charge is -2.12. The Labute approximate surface area is 255 Å². The largest absolute Gasteiger partial charge is 0.309 e. The first-order chi connectivity index (χ1) is 21.8. The van der Waals surface area contributed by atoms with Gasteiger partial charge in [0.15, 0.2) is 0 Å². The van der Waals surface area contributed by atoms with Gasteiger partial charge in [0.25, 0.3) is 0 Å². The second-order valence-electron chi connectivity index (χ2n) is 11.4. The highest BCUT2D eigenvalue weighted by Gasteiger charge is 2.17. The van der Waals surface area contributed by atoms with Crippen molar-refractivity contribution in [2.45, 2.75) is 0 Å². The van der Waals surface area contributed by atoms with Crippen LogP contribution in [0.15, 0.2) is 170 Å². The lowest BCUT2D eigenvalue weighted by Crippen LogP contribution is -1.96. The summed E-state index contributed by atoms with van der Waals surface area (Å²) >= 11 is 0. The molecule has 0 saturated heterocycles. The maximum atomic E-state index is 2.42. The average molecular weight is 561 g/mol. The van der Waals surface area contributed by atoms with Gasteiger partial charge in [-0.2, -0.15) is 0 Å². The summed E-state index contributed by atoms with van der Waals surface area (Å²) < 4.78 is 4.82. The van der Waals surface area contributed by atoms with Crippen LogP contribution in [-0.4, -0.2) is 9.13 Å². The molecule has 206 valence electrons. The van der Waals surface area contributed by atoms with E-state index in [-0.39, 0.29) is 0 Å². The maximum absolute atomic E-state index is 2.42. The summed E-state index contributed by atoms with van der Waals surface area (Å²) in [5.74, 6) is 0. The average Bonchev–Trinajstić information content (AvgIpc) is 3.61. The number of hydrogen-bond acceptors (Lipinski definition) is 0. The number of fused-ring (bicyclic) bond motifs is 6. The molecule has 0 fully saturated rings. The molecule has 0 radical (unpaired) electrons. The van der Waals surface area contributed by atoms with E-state index in [2.05, 4.69) is 179 Å². The molecule has 9 aromatic rings. The normalized spacial score (nSPS) is 11.6. The molecule has 9 rings (SSSR count). The topological polar surface area (TPSA) is 9.86 Å². The molecule has 2 nitrogen and oxygen atoms in total. The van der Waals surface area contributed by atoms with Gasteiger partial charge in [0.2, 0.25) is 0 Å². The van der Waals surface area contributed by atoms with Crippen LogP contribution in [-0.2, 0) is 0 Å². The van der Waals surface area contributed by atoms with Gasteiger partial charge in [-0.25, -0.2) is 0 Å². The van der Waals surface area contributed by atoms with Gasteiger partial charge in [0.05, 0.1) is 22.1 Å². The molecule has 0 atom stereocenters. The lowest BCUT2D eigenvalue weighted by molar-refractivity contribution is 1.17. The molecule has 0 spiro atoms. The Kier molecular flexibility index (Phi) is 5.54. The Morgan fingerprint density at radius 1 is 0.250 bits per heavy atom. The number of aromatic nitrogens is 2. The van der Waals surface area contributed by atoms with E-state index in [1.54, 1.807) is 0 Å². The minimum absolute atomic E-state index is 1.16. The molecule has 0 amide bonds. The molecule has 2 heteroatoms. The Bertz CT molecular complexity index is 2480. The summed E-state index contributed by atoms with van der Waals surface area (Å²) in [5, 5.41) is 5.03. The molecule has 0 unspecified atom stereocenters. The molecule has 0 N–H and O–H groups in total.